The average Bonchev–Trinajstić information content (AvgIpc) is 3.67. The summed E-state index contributed by atoms with van der Waals surface area (Å²) in [4.78, 5) is 65.4. The van der Waals surface area contributed by atoms with Crippen LogP contribution in [-0.4, -0.2) is 135 Å². The minimum Gasteiger partial charge on any atom is -0.507 e. The van der Waals surface area contributed by atoms with Gasteiger partial charge in [-0.3, -0.25) is 24.0 Å². The van der Waals surface area contributed by atoms with Gasteiger partial charge >= 0.3 is 5.97 Å². The van der Waals surface area contributed by atoms with Gasteiger partial charge in [0.2, 0.25) is 4.87 Å². The van der Waals surface area contributed by atoms with Crippen LogP contribution >= 0.6 is 21.6 Å². The zero-order chi connectivity index (χ0) is 37.8. The van der Waals surface area contributed by atoms with Crippen LogP contribution in [0.5, 0.6) is 11.5 Å². The van der Waals surface area contributed by atoms with Gasteiger partial charge in [0, 0.05) is 42.2 Å². The highest BCUT2D eigenvalue weighted by molar-refractivity contribution is 8.78. The van der Waals surface area contributed by atoms with Gasteiger partial charge in [0.1, 0.15) is 23.2 Å². The monoisotopic (exact) mass is 770 g/mol. The molecule has 53 heavy (non-hydrogen) atoms. The summed E-state index contributed by atoms with van der Waals surface area (Å²) in [6.07, 6.45) is -1.10. The summed E-state index contributed by atoms with van der Waals surface area (Å²) in [7, 11) is 4.14. The number of phenols is 2. The number of ketones is 2. The molecule has 3 aliphatic carbocycles. The maximum atomic E-state index is 13.6. The van der Waals surface area contributed by atoms with Crippen LogP contribution in [0.15, 0.2) is 34.9 Å². The number of hydrogen-bond acceptors (Lipinski definition) is 16. The van der Waals surface area contributed by atoms with Crippen LogP contribution in [0.2, 0.25) is 0 Å². The van der Waals surface area contributed by atoms with E-state index in [-0.39, 0.29) is 46.9 Å². The molecule has 8 aliphatic heterocycles. The molecular weight excluding hydrogens is 737 g/mol. The minimum atomic E-state index is -2.14. The van der Waals surface area contributed by atoms with Crippen molar-refractivity contribution >= 4 is 50.9 Å². The lowest BCUT2D eigenvalue weighted by Crippen LogP contribution is -2.77. The summed E-state index contributed by atoms with van der Waals surface area (Å²) in [6, 6.07) is -0.500. The van der Waals surface area contributed by atoms with Crippen molar-refractivity contribution in [2.45, 2.75) is 97.2 Å². The molecule has 280 valence electrons. The summed E-state index contributed by atoms with van der Waals surface area (Å²) in [6.45, 7) is 2.64. The molecule has 12 rings (SSSR count). The number of carbonyl (C=O) groups is 5. The van der Waals surface area contributed by atoms with Gasteiger partial charge in [-0.2, -0.15) is 0 Å². The molecule has 6 N–H and O–H groups in total. The molecule has 1 spiro atoms. The molecule has 0 radical (unpaired) electrons. The molecular formula is C35H34N2O14S2. The average molecular weight is 771 g/mol. The number of amides is 2. The number of Topliss-reactive ketones (excluding diaryl/α,β-unsaturated/α-hetero) is 2. The third-order valence-electron chi connectivity index (χ3n) is 12.1. The Hall–Kier alpha value is -3.75. The second-order valence-corrected chi connectivity index (χ2v) is 17.4. The summed E-state index contributed by atoms with van der Waals surface area (Å²) in [5, 5.41) is 64.0. The predicted octanol–water partition coefficient (Wildman–Crippen LogP) is 0.200. The van der Waals surface area contributed by atoms with Gasteiger partial charge in [-0.05, 0) is 30.2 Å². The number of piperazine rings is 1. The molecule has 11 atom stereocenters. The first-order valence-electron chi connectivity index (χ1n) is 17.1. The van der Waals surface area contributed by atoms with Crippen molar-refractivity contribution in [1.82, 2.24) is 9.80 Å². The first-order chi connectivity index (χ1) is 25.0. The lowest BCUT2D eigenvalue weighted by molar-refractivity contribution is -0.207. The second-order valence-electron chi connectivity index (χ2n) is 14.7. The summed E-state index contributed by atoms with van der Waals surface area (Å²) in [5.74, 6) is -3.83. The Balaban J connectivity index is 0.000000153. The van der Waals surface area contributed by atoms with Gasteiger partial charge in [-0.1, -0.05) is 29.0 Å². The van der Waals surface area contributed by atoms with E-state index in [9.17, 15) is 54.6 Å². The number of aliphatic hydroxyl groups excluding tert-OH is 3. The fraction of sp³-hybridized carbons (Fsp3) is 0.514. The van der Waals surface area contributed by atoms with Crippen LogP contribution in [0.25, 0.3) is 0 Å². The van der Waals surface area contributed by atoms with E-state index in [0.717, 1.165) is 5.57 Å². The number of ether oxygens (including phenoxy) is 3. The number of nitrogens with zero attached hydrogens (tertiary/aromatic N) is 2. The predicted molar refractivity (Wildman–Crippen MR) is 181 cm³/mol. The zero-order valence-electron chi connectivity index (χ0n) is 28.3. The third kappa shape index (κ3) is 4.07. The number of phenolic OH excluding ortho intramolecular Hbond substituents is 2. The van der Waals surface area contributed by atoms with Gasteiger partial charge in [-0.25, -0.2) is 0 Å². The molecule has 2 amide bonds. The number of fused-ring (bicyclic) bond motifs is 9. The first kappa shape index (κ1) is 35.0. The summed E-state index contributed by atoms with van der Waals surface area (Å²) < 4.78 is 16.7. The molecule has 6 fully saturated rings. The fourth-order valence-electron chi connectivity index (χ4n) is 9.50. The van der Waals surface area contributed by atoms with Crippen molar-refractivity contribution in [2.24, 2.45) is 0 Å². The van der Waals surface area contributed by atoms with E-state index in [1.54, 1.807) is 26.1 Å². The van der Waals surface area contributed by atoms with Crippen molar-refractivity contribution in [2.75, 3.05) is 13.7 Å². The van der Waals surface area contributed by atoms with Gasteiger partial charge in [0.15, 0.2) is 22.5 Å². The maximum Gasteiger partial charge on any atom is 0.309 e. The van der Waals surface area contributed by atoms with Gasteiger partial charge in [0.25, 0.3) is 11.8 Å². The molecule has 1 aromatic rings. The Kier molecular flexibility index (Phi) is 7.37. The number of aromatic hydroxyl groups is 2. The zero-order valence-corrected chi connectivity index (χ0v) is 30.0. The molecule has 11 aliphatic rings. The number of allylic oxidation sites excluding steroid dienone is 2. The van der Waals surface area contributed by atoms with Crippen LogP contribution in [0, 0.1) is 0 Å². The molecule has 1 unspecified atom stereocenters. The smallest absolute Gasteiger partial charge is 0.309 e. The van der Waals surface area contributed by atoms with E-state index in [2.05, 4.69) is 0 Å². The second kappa shape index (κ2) is 11.2. The minimum absolute atomic E-state index is 0.0371. The molecule has 4 bridgehead atoms. The van der Waals surface area contributed by atoms with Crippen LogP contribution < -0.4 is 0 Å². The molecule has 0 saturated carbocycles. The Labute approximate surface area is 308 Å². The number of rotatable bonds is 1. The van der Waals surface area contributed by atoms with Gasteiger partial charge in [0.05, 0.1) is 60.7 Å². The Bertz CT molecular complexity index is 2070. The van der Waals surface area contributed by atoms with Crippen molar-refractivity contribution in [1.29, 1.82) is 0 Å². The normalized spacial score (nSPS) is 41.3. The van der Waals surface area contributed by atoms with E-state index < -0.39 is 111 Å². The standard InChI is InChI=1S/C22H20O10.C13H14N2O4S2/c1-5-11-15(21-8(30-5)4-10(24)32-21)19(27)13-14(17(11)25)20(28)16-12(18(13)26)7-3-9(23)22(16,29)6(2)31-7;1-14-10(18)12-5-7-3-2-4-8(17)9(7)15(12)11(19)13(14,6-16)21-20-12/h5-9,21,23,25,27,29H,3-4H2,1-2H3;2-4,8-9,16-17H,5-6H2,1H3/t5?,6-,7+,8+,9-,21-,22+;8-,9-,12+,13+/m10/s1. The number of likely N-dealkylation sites (N-methyl/N-ethyl adjacent to an activating group) is 1. The van der Waals surface area contributed by atoms with Crippen LogP contribution in [-0.2, 0) is 28.6 Å². The van der Waals surface area contributed by atoms with E-state index >= 15 is 0 Å². The van der Waals surface area contributed by atoms with Crippen LogP contribution in [0.1, 0.15) is 77.2 Å². The highest BCUT2D eigenvalue weighted by Crippen LogP contribution is 2.65. The SMILES string of the molecule is CC1O[C@H]2CC(=O)O[C@H]2c2c(O)c3c(c(O)c21)C(=O)C1=C(C3=O)[C@@H]2C[C@@H](O)[C@@]1(O)[C@@H](C)O2.CN1C(=O)[C@]23CC4=CC=C[C@H](O)[C@H]4N2C(=O)[C@@]1(CO)SS3. The Morgan fingerprint density at radius 2 is 1.66 bits per heavy atom. The van der Waals surface area contributed by atoms with Crippen LogP contribution in [0.3, 0.4) is 0 Å². The fourth-order valence-corrected chi connectivity index (χ4v) is 13.1. The van der Waals surface area contributed by atoms with Crippen molar-refractivity contribution in [3.05, 3.63) is 57.2 Å². The van der Waals surface area contributed by atoms with Crippen molar-refractivity contribution in [3.8, 4) is 11.5 Å². The topological polar surface area (TPSA) is 241 Å². The molecule has 16 nitrogen and oxygen atoms in total. The van der Waals surface area contributed by atoms with Crippen molar-refractivity contribution in [3.63, 3.8) is 0 Å². The van der Waals surface area contributed by atoms with Gasteiger partial charge in [-0.15, -0.1) is 0 Å². The number of hydrogen-bond donors (Lipinski definition) is 6. The molecule has 6 saturated heterocycles. The Morgan fingerprint density at radius 1 is 0.962 bits per heavy atom. The van der Waals surface area contributed by atoms with E-state index in [0.29, 0.717) is 6.42 Å². The maximum absolute atomic E-state index is 13.6. The lowest BCUT2D eigenvalue weighted by atomic mass is 9.63. The molecule has 18 heteroatoms. The summed E-state index contributed by atoms with van der Waals surface area (Å²) >= 11 is 0. The quantitative estimate of drug-likeness (QED) is 0.127. The number of esters is 1. The van der Waals surface area contributed by atoms with Gasteiger partial charge < -0.3 is 54.6 Å². The van der Waals surface area contributed by atoms with E-state index in [1.807, 2.05) is 6.08 Å². The highest BCUT2D eigenvalue weighted by Gasteiger charge is 2.73. The first-order valence-corrected chi connectivity index (χ1v) is 19.2. The van der Waals surface area contributed by atoms with Crippen molar-refractivity contribution < 1.29 is 68.8 Å². The Morgan fingerprint density at radius 3 is 2.36 bits per heavy atom. The highest BCUT2D eigenvalue weighted by atomic mass is 33.1. The molecule has 1 aromatic carbocycles. The number of aliphatic hydroxyl groups is 4. The number of benzene rings is 1. The molecule has 8 heterocycles. The number of carbonyl (C=O) groups excluding carboxylic acids is 5. The third-order valence-corrected chi connectivity index (χ3v) is 15.7. The van der Waals surface area contributed by atoms with E-state index in [1.165, 1.54) is 38.3 Å². The van der Waals surface area contributed by atoms with E-state index in [4.69, 9.17) is 14.2 Å². The molecule has 0 aromatic heterocycles. The summed E-state index contributed by atoms with van der Waals surface area (Å²) in [5.41, 5.74) is -2.52. The largest absolute Gasteiger partial charge is 0.507 e. The van der Waals surface area contributed by atoms with Crippen LogP contribution in [0.4, 0.5) is 0 Å². The lowest BCUT2D eigenvalue weighted by Gasteiger charge is -2.58.